The molecule has 6 heteroatoms. The van der Waals surface area contributed by atoms with E-state index in [9.17, 15) is 9.59 Å². The topological polar surface area (TPSA) is 55.9 Å². The van der Waals surface area contributed by atoms with Gasteiger partial charge in [0.2, 0.25) is 0 Å². The highest BCUT2D eigenvalue weighted by Gasteiger charge is 2.52. The minimum Gasteiger partial charge on any atom is -0.323 e. The number of nitrogens with zero attached hydrogens (tertiary/aromatic N) is 3. The Bertz CT molecular complexity index is 516. The molecular formula is C19H32N4O2. The minimum atomic E-state index is -0.602. The van der Waals surface area contributed by atoms with E-state index in [2.05, 4.69) is 22.0 Å². The maximum Gasteiger partial charge on any atom is 0.326 e. The Kier molecular flexibility index (Phi) is 4.75. The van der Waals surface area contributed by atoms with Crippen LogP contribution in [0, 0.1) is 5.92 Å². The molecule has 4 rings (SSSR count). The van der Waals surface area contributed by atoms with Crippen molar-refractivity contribution in [3.05, 3.63) is 0 Å². The van der Waals surface area contributed by atoms with E-state index in [0.717, 1.165) is 57.9 Å². The van der Waals surface area contributed by atoms with Gasteiger partial charge in [0.15, 0.2) is 0 Å². The molecule has 2 saturated heterocycles. The molecule has 6 nitrogen and oxygen atoms in total. The number of piperazine rings is 1. The molecule has 1 N–H and O–H groups in total. The molecule has 0 atom stereocenters. The van der Waals surface area contributed by atoms with Crippen molar-refractivity contribution >= 4 is 11.9 Å². The molecule has 0 bridgehead atoms. The molecule has 25 heavy (non-hydrogen) atoms. The van der Waals surface area contributed by atoms with Gasteiger partial charge < -0.3 is 5.32 Å². The molecule has 4 aliphatic rings. The van der Waals surface area contributed by atoms with Gasteiger partial charge in [0, 0.05) is 32.2 Å². The second-order valence-corrected chi connectivity index (χ2v) is 8.66. The summed E-state index contributed by atoms with van der Waals surface area (Å²) in [5.41, 5.74) is -0.602. The summed E-state index contributed by atoms with van der Waals surface area (Å²) >= 11 is 0. The Labute approximate surface area is 150 Å². The van der Waals surface area contributed by atoms with Crippen LogP contribution in [0.15, 0.2) is 0 Å². The lowest BCUT2D eigenvalue weighted by atomic mass is 9.77. The first-order valence-electron chi connectivity index (χ1n) is 10.2. The molecule has 0 aromatic rings. The van der Waals surface area contributed by atoms with Crippen LogP contribution in [0.3, 0.4) is 0 Å². The zero-order valence-corrected chi connectivity index (χ0v) is 15.5. The number of hydrogen-bond acceptors (Lipinski definition) is 4. The van der Waals surface area contributed by atoms with Gasteiger partial charge in [-0.15, -0.1) is 0 Å². The molecule has 3 amide bonds. The summed E-state index contributed by atoms with van der Waals surface area (Å²) in [7, 11) is 0. The fourth-order valence-electron chi connectivity index (χ4n) is 5.14. The Morgan fingerprint density at radius 3 is 2.28 bits per heavy atom. The van der Waals surface area contributed by atoms with E-state index in [1.165, 1.54) is 30.6 Å². The number of amides is 3. The molecule has 1 spiro atoms. The van der Waals surface area contributed by atoms with E-state index in [0.29, 0.717) is 12.6 Å². The van der Waals surface area contributed by atoms with Crippen LogP contribution >= 0.6 is 0 Å². The second kappa shape index (κ2) is 6.88. The van der Waals surface area contributed by atoms with Crippen molar-refractivity contribution in [3.63, 3.8) is 0 Å². The highest BCUT2D eigenvalue weighted by Crippen LogP contribution is 2.36. The molecule has 2 saturated carbocycles. The van der Waals surface area contributed by atoms with Gasteiger partial charge in [0.05, 0.1) is 6.67 Å². The third-order valence-corrected chi connectivity index (χ3v) is 6.96. The molecular weight excluding hydrogens is 316 g/mol. The lowest BCUT2D eigenvalue weighted by molar-refractivity contribution is -0.134. The molecule has 0 radical (unpaired) electrons. The van der Waals surface area contributed by atoms with Gasteiger partial charge in [-0.1, -0.05) is 19.8 Å². The lowest BCUT2D eigenvalue weighted by Crippen LogP contribution is -2.54. The Balaban J connectivity index is 1.32. The van der Waals surface area contributed by atoms with Gasteiger partial charge in [-0.05, 0) is 44.4 Å². The SMILES string of the molecule is CC1CCC2(CC1)NC(=O)N(CN1CCN(C3CCCC3)CC1)C2=O. The van der Waals surface area contributed by atoms with Crippen molar-refractivity contribution in [2.45, 2.75) is 69.9 Å². The smallest absolute Gasteiger partial charge is 0.323 e. The molecule has 2 heterocycles. The number of carbonyl (C=O) groups is 2. The van der Waals surface area contributed by atoms with E-state index in [1.807, 2.05) is 0 Å². The van der Waals surface area contributed by atoms with Crippen molar-refractivity contribution in [1.82, 2.24) is 20.0 Å². The summed E-state index contributed by atoms with van der Waals surface area (Å²) in [6, 6.07) is 0.587. The molecule has 0 aromatic carbocycles. The van der Waals surface area contributed by atoms with Gasteiger partial charge in [0.25, 0.3) is 5.91 Å². The van der Waals surface area contributed by atoms with Gasteiger partial charge in [-0.2, -0.15) is 0 Å². The molecule has 0 aromatic heterocycles. The van der Waals surface area contributed by atoms with Crippen LogP contribution in [0.25, 0.3) is 0 Å². The summed E-state index contributed by atoms with van der Waals surface area (Å²) in [5, 5.41) is 3.03. The Morgan fingerprint density at radius 1 is 1.00 bits per heavy atom. The van der Waals surface area contributed by atoms with Crippen molar-refractivity contribution in [3.8, 4) is 0 Å². The second-order valence-electron chi connectivity index (χ2n) is 8.66. The van der Waals surface area contributed by atoms with Crippen LogP contribution in [0.1, 0.15) is 58.3 Å². The molecule has 140 valence electrons. The van der Waals surface area contributed by atoms with Crippen molar-refractivity contribution < 1.29 is 9.59 Å². The zero-order valence-electron chi connectivity index (χ0n) is 15.5. The van der Waals surface area contributed by atoms with Crippen LogP contribution in [0.2, 0.25) is 0 Å². The average Bonchev–Trinajstić information content (AvgIpc) is 3.22. The van der Waals surface area contributed by atoms with E-state index >= 15 is 0 Å². The third kappa shape index (κ3) is 3.31. The standard InChI is InChI=1S/C19H32N4O2/c1-15-6-8-19(9-7-15)17(24)23(18(25)20-19)14-21-10-12-22(13-11-21)16-4-2-3-5-16/h15-16H,2-14H2,1H3,(H,20,25). The minimum absolute atomic E-state index is 0.0163. The van der Waals surface area contributed by atoms with Crippen LogP contribution in [-0.4, -0.2) is 71.1 Å². The summed E-state index contributed by atoms with van der Waals surface area (Å²) in [6.45, 7) is 6.74. The normalized spacial score (nSPS) is 35.7. The monoisotopic (exact) mass is 348 g/mol. The number of imide groups is 1. The third-order valence-electron chi connectivity index (χ3n) is 6.96. The van der Waals surface area contributed by atoms with E-state index < -0.39 is 5.54 Å². The van der Waals surface area contributed by atoms with Gasteiger partial charge in [-0.3, -0.25) is 14.6 Å². The maximum absolute atomic E-state index is 13.0. The predicted molar refractivity (Wildman–Crippen MR) is 96.0 cm³/mol. The number of nitrogens with one attached hydrogen (secondary N) is 1. The summed E-state index contributed by atoms with van der Waals surface area (Å²) in [6.07, 6.45) is 9.07. The number of hydrogen-bond donors (Lipinski definition) is 1. The first kappa shape index (κ1) is 17.3. The van der Waals surface area contributed by atoms with Gasteiger partial charge >= 0.3 is 6.03 Å². The quantitative estimate of drug-likeness (QED) is 0.793. The highest BCUT2D eigenvalue weighted by molar-refractivity contribution is 6.07. The van der Waals surface area contributed by atoms with Crippen LogP contribution in [0.5, 0.6) is 0 Å². The summed E-state index contributed by atoms with van der Waals surface area (Å²) in [5.74, 6) is 0.677. The van der Waals surface area contributed by atoms with Crippen molar-refractivity contribution in [1.29, 1.82) is 0 Å². The first-order valence-corrected chi connectivity index (χ1v) is 10.2. The van der Waals surface area contributed by atoms with Crippen LogP contribution < -0.4 is 5.32 Å². The fraction of sp³-hybridized carbons (Fsp3) is 0.895. The van der Waals surface area contributed by atoms with Crippen LogP contribution in [0.4, 0.5) is 4.79 Å². The Morgan fingerprint density at radius 2 is 1.64 bits per heavy atom. The highest BCUT2D eigenvalue weighted by atomic mass is 16.2. The number of urea groups is 1. The number of rotatable bonds is 3. The van der Waals surface area contributed by atoms with Gasteiger partial charge in [0.1, 0.15) is 5.54 Å². The average molecular weight is 348 g/mol. The molecule has 2 aliphatic carbocycles. The van der Waals surface area contributed by atoms with E-state index in [4.69, 9.17) is 0 Å². The molecule has 4 fully saturated rings. The van der Waals surface area contributed by atoms with Crippen molar-refractivity contribution in [2.75, 3.05) is 32.8 Å². The molecule has 2 aliphatic heterocycles. The van der Waals surface area contributed by atoms with E-state index in [-0.39, 0.29) is 11.9 Å². The first-order chi connectivity index (χ1) is 12.1. The predicted octanol–water partition coefficient (Wildman–Crippen LogP) is 2.00. The molecule has 0 unspecified atom stereocenters. The Hall–Kier alpha value is -1.14. The van der Waals surface area contributed by atoms with Crippen LogP contribution in [-0.2, 0) is 4.79 Å². The fourth-order valence-corrected chi connectivity index (χ4v) is 5.14. The number of carbonyl (C=O) groups excluding carboxylic acids is 2. The summed E-state index contributed by atoms with van der Waals surface area (Å²) in [4.78, 5) is 31.8. The largest absolute Gasteiger partial charge is 0.326 e. The summed E-state index contributed by atoms with van der Waals surface area (Å²) < 4.78 is 0. The van der Waals surface area contributed by atoms with Gasteiger partial charge in [-0.25, -0.2) is 9.69 Å². The lowest BCUT2D eigenvalue weighted by Gasteiger charge is -2.39. The zero-order chi connectivity index (χ0) is 17.4. The van der Waals surface area contributed by atoms with E-state index in [1.54, 1.807) is 0 Å². The maximum atomic E-state index is 13.0. The van der Waals surface area contributed by atoms with Crippen molar-refractivity contribution in [2.24, 2.45) is 5.92 Å².